The number of hydrogen-bond acceptors (Lipinski definition) is 3. The zero-order valence-corrected chi connectivity index (χ0v) is 10.5. The van der Waals surface area contributed by atoms with E-state index in [1.165, 1.54) is 21.2 Å². The number of benzene rings is 1. The first-order valence-corrected chi connectivity index (χ1v) is 6.40. The van der Waals surface area contributed by atoms with Crippen LogP contribution in [0.5, 0.6) is 0 Å². The molecule has 2 N–H and O–H groups in total. The number of thiophene rings is 1. The normalized spacial score (nSPS) is 11.5. The van der Waals surface area contributed by atoms with Crippen molar-refractivity contribution in [3.63, 3.8) is 0 Å². The van der Waals surface area contributed by atoms with Crippen LogP contribution in [-0.2, 0) is 17.9 Å². The average Bonchev–Trinajstić information content (AvgIpc) is 2.69. The van der Waals surface area contributed by atoms with Gasteiger partial charge in [-0.05, 0) is 35.7 Å². The Morgan fingerprint density at radius 3 is 2.81 bits per heavy atom. The van der Waals surface area contributed by atoms with Crippen molar-refractivity contribution in [2.45, 2.75) is 33.1 Å². The molecule has 0 fully saturated rings. The molecule has 2 aromatic rings. The van der Waals surface area contributed by atoms with Crippen LogP contribution in [0.15, 0.2) is 23.6 Å². The van der Waals surface area contributed by atoms with Gasteiger partial charge >= 0.3 is 0 Å². The molecule has 0 radical (unpaired) electrons. The Morgan fingerprint density at radius 1 is 1.31 bits per heavy atom. The second-order valence-corrected chi connectivity index (χ2v) is 5.00. The van der Waals surface area contributed by atoms with Crippen LogP contribution in [0.3, 0.4) is 0 Å². The lowest BCUT2D eigenvalue weighted by molar-refractivity contribution is 0.0666. The minimum absolute atomic E-state index is 0.271. The molecule has 0 aliphatic carbocycles. The summed E-state index contributed by atoms with van der Waals surface area (Å²) >= 11 is 1.76. The number of rotatable bonds is 4. The van der Waals surface area contributed by atoms with E-state index in [9.17, 15) is 0 Å². The van der Waals surface area contributed by atoms with Gasteiger partial charge in [-0.15, -0.1) is 11.3 Å². The summed E-state index contributed by atoms with van der Waals surface area (Å²) in [6.45, 7) is 5.40. The van der Waals surface area contributed by atoms with E-state index in [2.05, 4.69) is 37.4 Å². The van der Waals surface area contributed by atoms with Gasteiger partial charge in [-0.1, -0.05) is 18.2 Å². The summed E-state index contributed by atoms with van der Waals surface area (Å²) in [6, 6.07) is 6.30. The third-order valence-corrected chi connectivity index (χ3v) is 3.67. The molecule has 0 saturated carbocycles. The number of hydrogen-bond donors (Lipinski definition) is 1. The van der Waals surface area contributed by atoms with Crippen LogP contribution >= 0.6 is 11.3 Å². The van der Waals surface area contributed by atoms with E-state index in [-0.39, 0.29) is 6.10 Å². The molecule has 2 nitrogen and oxygen atoms in total. The van der Waals surface area contributed by atoms with Crippen LogP contribution in [0, 0.1) is 0 Å². The quantitative estimate of drug-likeness (QED) is 0.882. The Bertz CT molecular complexity index is 476. The zero-order valence-electron chi connectivity index (χ0n) is 9.69. The summed E-state index contributed by atoms with van der Waals surface area (Å²) in [6.07, 6.45) is 0.271. The van der Waals surface area contributed by atoms with Crippen LogP contribution in [0.2, 0.25) is 0 Å². The van der Waals surface area contributed by atoms with Gasteiger partial charge < -0.3 is 10.5 Å². The molecule has 0 aliphatic rings. The highest BCUT2D eigenvalue weighted by molar-refractivity contribution is 7.17. The Kier molecular flexibility index (Phi) is 3.59. The second-order valence-electron chi connectivity index (χ2n) is 4.12. The Morgan fingerprint density at radius 2 is 2.12 bits per heavy atom. The standard InChI is InChI=1S/C13H17NOS/c1-9(2)15-7-11-8-16-13-10(6-14)4-3-5-12(11)13/h3-5,8-9H,6-7,14H2,1-2H3. The largest absolute Gasteiger partial charge is 0.374 e. The van der Waals surface area contributed by atoms with Crippen molar-refractivity contribution in [1.29, 1.82) is 0 Å². The fourth-order valence-electron chi connectivity index (χ4n) is 1.70. The van der Waals surface area contributed by atoms with E-state index in [0.717, 1.165) is 0 Å². The summed E-state index contributed by atoms with van der Waals surface area (Å²) in [5.74, 6) is 0. The summed E-state index contributed by atoms with van der Waals surface area (Å²) in [5.41, 5.74) is 8.21. The van der Waals surface area contributed by atoms with Crippen molar-refractivity contribution in [2.24, 2.45) is 5.73 Å². The summed E-state index contributed by atoms with van der Waals surface area (Å²) < 4.78 is 6.94. The van der Waals surface area contributed by atoms with Gasteiger partial charge in [0.15, 0.2) is 0 Å². The summed E-state index contributed by atoms with van der Waals surface area (Å²) in [4.78, 5) is 0. The van der Waals surface area contributed by atoms with Crippen molar-refractivity contribution in [3.05, 3.63) is 34.7 Å². The monoisotopic (exact) mass is 235 g/mol. The van der Waals surface area contributed by atoms with E-state index >= 15 is 0 Å². The van der Waals surface area contributed by atoms with Gasteiger partial charge in [0, 0.05) is 11.2 Å². The van der Waals surface area contributed by atoms with Crippen molar-refractivity contribution in [1.82, 2.24) is 0 Å². The van der Waals surface area contributed by atoms with Crippen molar-refractivity contribution >= 4 is 21.4 Å². The lowest BCUT2D eigenvalue weighted by Crippen LogP contribution is -2.01. The van der Waals surface area contributed by atoms with Gasteiger partial charge in [0.2, 0.25) is 0 Å². The topological polar surface area (TPSA) is 35.2 Å². The molecule has 0 unspecified atom stereocenters. The zero-order chi connectivity index (χ0) is 11.5. The van der Waals surface area contributed by atoms with Crippen molar-refractivity contribution in [3.8, 4) is 0 Å². The molecule has 0 amide bonds. The van der Waals surface area contributed by atoms with Gasteiger partial charge in [0.1, 0.15) is 0 Å². The molecule has 1 heterocycles. The van der Waals surface area contributed by atoms with Crippen LogP contribution in [0.25, 0.3) is 10.1 Å². The molecule has 1 aromatic carbocycles. The maximum atomic E-state index is 5.72. The van der Waals surface area contributed by atoms with Crippen molar-refractivity contribution < 1.29 is 4.74 Å². The first-order chi connectivity index (χ1) is 7.72. The minimum atomic E-state index is 0.271. The van der Waals surface area contributed by atoms with E-state index in [0.29, 0.717) is 13.2 Å². The molecule has 3 heteroatoms. The highest BCUT2D eigenvalue weighted by Gasteiger charge is 2.07. The Balaban J connectivity index is 2.34. The van der Waals surface area contributed by atoms with E-state index in [1.54, 1.807) is 11.3 Å². The molecule has 0 aliphatic heterocycles. The predicted octanol–water partition coefficient (Wildman–Crippen LogP) is 3.29. The van der Waals surface area contributed by atoms with Crippen LogP contribution < -0.4 is 5.73 Å². The fourth-order valence-corrected chi connectivity index (χ4v) is 2.78. The molecule has 0 atom stereocenters. The highest BCUT2D eigenvalue weighted by Crippen LogP contribution is 2.29. The maximum absolute atomic E-state index is 5.72. The summed E-state index contributed by atoms with van der Waals surface area (Å²) in [7, 11) is 0. The molecular formula is C13H17NOS. The Hall–Kier alpha value is -0.900. The number of fused-ring (bicyclic) bond motifs is 1. The third kappa shape index (κ3) is 2.26. The van der Waals surface area contributed by atoms with E-state index < -0.39 is 0 Å². The fraction of sp³-hybridized carbons (Fsp3) is 0.385. The van der Waals surface area contributed by atoms with Crippen molar-refractivity contribution in [2.75, 3.05) is 0 Å². The van der Waals surface area contributed by atoms with Crippen LogP contribution in [-0.4, -0.2) is 6.10 Å². The maximum Gasteiger partial charge on any atom is 0.0734 e. The van der Waals surface area contributed by atoms with Crippen LogP contribution in [0.1, 0.15) is 25.0 Å². The van der Waals surface area contributed by atoms with Gasteiger partial charge in [-0.3, -0.25) is 0 Å². The smallest absolute Gasteiger partial charge is 0.0734 e. The Labute approximate surface area is 100 Å². The molecule has 16 heavy (non-hydrogen) atoms. The third-order valence-electron chi connectivity index (χ3n) is 2.55. The second kappa shape index (κ2) is 4.95. The molecule has 86 valence electrons. The van der Waals surface area contributed by atoms with Gasteiger partial charge in [-0.2, -0.15) is 0 Å². The molecule has 0 saturated heterocycles. The molecule has 0 spiro atoms. The highest BCUT2D eigenvalue weighted by atomic mass is 32.1. The van der Waals surface area contributed by atoms with E-state index in [4.69, 9.17) is 10.5 Å². The average molecular weight is 235 g/mol. The van der Waals surface area contributed by atoms with Crippen LogP contribution in [0.4, 0.5) is 0 Å². The molecule has 1 aromatic heterocycles. The van der Waals surface area contributed by atoms with Gasteiger partial charge in [-0.25, -0.2) is 0 Å². The van der Waals surface area contributed by atoms with E-state index in [1.807, 2.05) is 0 Å². The molecule has 2 rings (SSSR count). The molecule has 0 bridgehead atoms. The number of nitrogens with two attached hydrogens (primary N) is 1. The first-order valence-electron chi connectivity index (χ1n) is 5.52. The minimum Gasteiger partial charge on any atom is -0.374 e. The first kappa shape index (κ1) is 11.6. The number of ether oxygens (including phenoxy) is 1. The summed E-state index contributed by atoms with van der Waals surface area (Å²) in [5, 5.41) is 3.46. The predicted molar refractivity (Wildman–Crippen MR) is 69.6 cm³/mol. The van der Waals surface area contributed by atoms with Gasteiger partial charge in [0.25, 0.3) is 0 Å². The van der Waals surface area contributed by atoms with Gasteiger partial charge in [0.05, 0.1) is 12.7 Å². The lowest BCUT2D eigenvalue weighted by Gasteiger charge is -2.06. The molecular weight excluding hydrogens is 218 g/mol. The SMILES string of the molecule is CC(C)OCc1csc2c(CN)cccc12. The lowest BCUT2D eigenvalue weighted by atomic mass is 10.1.